The molecule has 0 aliphatic carbocycles. The van der Waals surface area contributed by atoms with Crippen molar-refractivity contribution in [2.24, 2.45) is 0 Å². The molecule has 1 fully saturated rings. The summed E-state index contributed by atoms with van der Waals surface area (Å²) in [6.07, 6.45) is 5.00. The number of thioether (sulfide) groups is 1. The van der Waals surface area contributed by atoms with Gasteiger partial charge in [-0.2, -0.15) is 11.8 Å². The Morgan fingerprint density at radius 2 is 2.31 bits per heavy atom. The van der Waals surface area contributed by atoms with Crippen molar-refractivity contribution in [2.45, 2.75) is 45.1 Å². The van der Waals surface area contributed by atoms with E-state index in [0.717, 1.165) is 19.5 Å². The van der Waals surface area contributed by atoms with E-state index in [-0.39, 0.29) is 6.04 Å². The number of likely N-dealkylation sites (tertiary alicyclic amines) is 1. The van der Waals surface area contributed by atoms with Gasteiger partial charge in [-0.25, -0.2) is 0 Å². The summed E-state index contributed by atoms with van der Waals surface area (Å²) in [5.41, 5.74) is 0. The van der Waals surface area contributed by atoms with Gasteiger partial charge in [-0.1, -0.05) is 13.3 Å². The van der Waals surface area contributed by atoms with E-state index in [1.807, 2.05) is 11.8 Å². The zero-order valence-corrected chi connectivity index (χ0v) is 11.0. The quantitative estimate of drug-likeness (QED) is 0.700. The van der Waals surface area contributed by atoms with Crippen LogP contribution >= 0.6 is 11.8 Å². The first-order valence-corrected chi connectivity index (χ1v) is 7.43. The molecule has 0 radical (unpaired) electrons. The van der Waals surface area contributed by atoms with E-state index in [2.05, 4.69) is 11.8 Å². The molecule has 1 aliphatic heterocycles. The number of nitrogens with zero attached hydrogens (tertiary/aromatic N) is 1. The van der Waals surface area contributed by atoms with E-state index in [4.69, 9.17) is 5.11 Å². The third kappa shape index (κ3) is 5.21. The number of hydrogen-bond donors (Lipinski definition) is 1. The molecule has 0 aromatic carbocycles. The maximum Gasteiger partial charge on any atom is 0.304 e. The fourth-order valence-electron chi connectivity index (χ4n) is 2.30. The van der Waals surface area contributed by atoms with Gasteiger partial charge < -0.3 is 5.11 Å². The van der Waals surface area contributed by atoms with E-state index in [1.165, 1.54) is 30.8 Å². The van der Waals surface area contributed by atoms with Crippen LogP contribution in [0.3, 0.4) is 0 Å². The normalized spacial score (nSPS) is 22.2. The first-order valence-electron chi connectivity index (χ1n) is 6.27. The van der Waals surface area contributed by atoms with Gasteiger partial charge in [-0.3, -0.25) is 9.69 Å². The van der Waals surface area contributed by atoms with Crippen LogP contribution in [0.1, 0.15) is 39.0 Å². The van der Waals surface area contributed by atoms with Crippen molar-refractivity contribution in [3.05, 3.63) is 0 Å². The van der Waals surface area contributed by atoms with Gasteiger partial charge in [0.15, 0.2) is 0 Å². The summed E-state index contributed by atoms with van der Waals surface area (Å²) in [6.45, 7) is 4.35. The molecular weight excluding hydrogens is 222 g/mol. The molecule has 0 aromatic heterocycles. The molecule has 1 N–H and O–H groups in total. The minimum absolute atomic E-state index is 0.290. The molecule has 0 aromatic rings. The Balaban J connectivity index is 2.26. The number of carboxylic acid groups (broad SMARTS) is 1. The second-order valence-corrected chi connectivity index (χ2v) is 5.73. The minimum atomic E-state index is -0.653. The van der Waals surface area contributed by atoms with Crippen LogP contribution in [-0.4, -0.2) is 46.6 Å². The van der Waals surface area contributed by atoms with Crippen LogP contribution in [0.15, 0.2) is 0 Å². The third-order valence-electron chi connectivity index (χ3n) is 3.10. The van der Waals surface area contributed by atoms with Gasteiger partial charge in [0.1, 0.15) is 0 Å². The summed E-state index contributed by atoms with van der Waals surface area (Å²) < 4.78 is 0. The first-order chi connectivity index (χ1) is 7.74. The molecule has 1 aliphatic rings. The van der Waals surface area contributed by atoms with Crippen molar-refractivity contribution in [3.8, 4) is 0 Å². The standard InChI is InChI=1S/C12H23NO2S/c1-2-16-9-5-8-13-7-4-3-6-11(13)10-12(14)15/h11H,2-10H2,1H3,(H,14,15). The van der Waals surface area contributed by atoms with Gasteiger partial charge >= 0.3 is 5.97 Å². The fourth-order valence-corrected chi connectivity index (χ4v) is 2.92. The second kappa shape index (κ2) is 7.96. The molecule has 0 bridgehead atoms. The van der Waals surface area contributed by atoms with Gasteiger partial charge in [0, 0.05) is 6.04 Å². The molecule has 3 nitrogen and oxygen atoms in total. The average Bonchev–Trinajstić information content (AvgIpc) is 2.26. The van der Waals surface area contributed by atoms with Crippen LogP contribution in [0.4, 0.5) is 0 Å². The molecule has 1 unspecified atom stereocenters. The van der Waals surface area contributed by atoms with Crippen LogP contribution in [0.25, 0.3) is 0 Å². The van der Waals surface area contributed by atoms with E-state index < -0.39 is 5.97 Å². The number of hydrogen-bond acceptors (Lipinski definition) is 3. The maximum absolute atomic E-state index is 10.8. The van der Waals surface area contributed by atoms with Crippen molar-refractivity contribution in [1.29, 1.82) is 0 Å². The SMILES string of the molecule is CCSCCCN1CCCCC1CC(=O)O. The number of aliphatic carboxylic acids is 1. The maximum atomic E-state index is 10.8. The smallest absolute Gasteiger partial charge is 0.304 e. The molecule has 4 heteroatoms. The summed E-state index contributed by atoms with van der Waals surface area (Å²) in [7, 11) is 0. The summed E-state index contributed by atoms with van der Waals surface area (Å²) in [4.78, 5) is 13.1. The Hall–Kier alpha value is -0.220. The molecule has 1 saturated heterocycles. The fraction of sp³-hybridized carbons (Fsp3) is 0.917. The van der Waals surface area contributed by atoms with Gasteiger partial charge in [0.2, 0.25) is 0 Å². The van der Waals surface area contributed by atoms with E-state index >= 15 is 0 Å². The van der Waals surface area contributed by atoms with Crippen LogP contribution in [0, 0.1) is 0 Å². The monoisotopic (exact) mass is 245 g/mol. The Bertz CT molecular complexity index is 211. The lowest BCUT2D eigenvalue weighted by Crippen LogP contribution is -2.41. The van der Waals surface area contributed by atoms with Crippen LogP contribution < -0.4 is 0 Å². The number of carboxylic acids is 1. The molecule has 1 heterocycles. The Morgan fingerprint density at radius 1 is 1.50 bits per heavy atom. The zero-order chi connectivity index (χ0) is 11.8. The summed E-state index contributed by atoms with van der Waals surface area (Å²) in [5.74, 6) is 1.73. The lowest BCUT2D eigenvalue weighted by molar-refractivity contribution is -0.138. The Kier molecular flexibility index (Phi) is 6.88. The molecule has 1 atom stereocenters. The Morgan fingerprint density at radius 3 is 3.00 bits per heavy atom. The molecule has 94 valence electrons. The van der Waals surface area contributed by atoms with Crippen LogP contribution in [0.5, 0.6) is 0 Å². The van der Waals surface area contributed by atoms with Crippen molar-refractivity contribution in [2.75, 3.05) is 24.6 Å². The summed E-state index contributed by atoms with van der Waals surface area (Å²) in [5, 5.41) is 8.86. The number of carbonyl (C=O) groups is 1. The topological polar surface area (TPSA) is 40.5 Å². The minimum Gasteiger partial charge on any atom is -0.481 e. The molecule has 16 heavy (non-hydrogen) atoms. The van der Waals surface area contributed by atoms with Crippen LogP contribution in [-0.2, 0) is 4.79 Å². The second-order valence-electron chi connectivity index (χ2n) is 4.33. The van der Waals surface area contributed by atoms with Crippen molar-refractivity contribution >= 4 is 17.7 Å². The first kappa shape index (κ1) is 13.8. The highest BCUT2D eigenvalue weighted by atomic mass is 32.2. The number of rotatable bonds is 7. The lowest BCUT2D eigenvalue weighted by Gasteiger charge is -2.34. The van der Waals surface area contributed by atoms with Crippen molar-refractivity contribution in [3.63, 3.8) is 0 Å². The van der Waals surface area contributed by atoms with E-state index in [1.54, 1.807) is 0 Å². The van der Waals surface area contributed by atoms with Gasteiger partial charge in [-0.15, -0.1) is 0 Å². The van der Waals surface area contributed by atoms with E-state index in [9.17, 15) is 4.79 Å². The summed E-state index contributed by atoms with van der Waals surface area (Å²) >= 11 is 1.97. The lowest BCUT2D eigenvalue weighted by atomic mass is 9.99. The van der Waals surface area contributed by atoms with Gasteiger partial charge in [-0.05, 0) is 43.9 Å². The molecular formula is C12H23NO2S. The number of piperidine rings is 1. The third-order valence-corrected chi connectivity index (χ3v) is 4.08. The summed E-state index contributed by atoms with van der Waals surface area (Å²) in [6, 6.07) is 0.290. The predicted molar refractivity (Wildman–Crippen MR) is 69.1 cm³/mol. The predicted octanol–water partition coefficient (Wildman–Crippen LogP) is 2.46. The molecule has 0 saturated carbocycles. The zero-order valence-electron chi connectivity index (χ0n) is 10.2. The van der Waals surface area contributed by atoms with Crippen molar-refractivity contribution < 1.29 is 9.90 Å². The van der Waals surface area contributed by atoms with Gasteiger partial charge in [0.25, 0.3) is 0 Å². The molecule has 0 spiro atoms. The van der Waals surface area contributed by atoms with Gasteiger partial charge in [0.05, 0.1) is 6.42 Å². The molecule has 1 rings (SSSR count). The van der Waals surface area contributed by atoms with Crippen molar-refractivity contribution in [1.82, 2.24) is 4.90 Å². The highest BCUT2D eigenvalue weighted by Gasteiger charge is 2.23. The van der Waals surface area contributed by atoms with Crippen LogP contribution in [0.2, 0.25) is 0 Å². The largest absolute Gasteiger partial charge is 0.481 e. The molecule has 0 amide bonds. The van der Waals surface area contributed by atoms with E-state index in [0.29, 0.717) is 6.42 Å². The Labute approximate surface area is 103 Å². The highest BCUT2D eigenvalue weighted by Crippen LogP contribution is 2.20. The average molecular weight is 245 g/mol. The highest BCUT2D eigenvalue weighted by molar-refractivity contribution is 7.99.